The average Bonchev–Trinajstić information content (AvgIpc) is 2.82. The van der Waals surface area contributed by atoms with E-state index in [1.165, 1.54) is 57.8 Å². The number of nitrogens with two attached hydrogens (primary N) is 1. The average molecular weight is 480 g/mol. The Kier molecular flexibility index (Phi) is 16.7. The van der Waals surface area contributed by atoms with Crippen molar-refractivity contribution >= 4 is 0 Å². The second-order valence-electron chi connectivity index (χ2n) is 9.43. The monoisotopic (exact) mass is 479 g/mol. The lowest BCUT2D eigenvalue weighted by atomic mass is 9.99. The molecule has 1 fully saturated rings. The lowest BCUT2D eigenvalue weighted by Gasteiger charge is -2.40. The van der Waals surface area contributed by atoms with E-state index in [2.05, 4.69) is 6.92 Å². The molecule has 0 bridgehead atoms. The molecule has 0 aliphatic carbocycles. The van der Waals surface area contributed by atoms with Gasteiger partial charge in [-0.25, -0.2) is 0 Å². The van der Waals surface area contributed by atoms with E-state index in [1.54, 1.807) is 0 Å². The van der Waals surface area contributed by atoms with Crippen LogP contribution in [-0.2, 0) is 9.47 Å². The van der Waals surface area contributed by atoms with Crippen LogP contribution in [0.5, 0.6) is 0 Å². The minimum absolute atomic E-state index is 0.237. The van der Waals surface area contributed by atoms with E-state index >= 15 is 0 Å². The molecule has 0 saturated carbocycles. The van der Waals surface area contributed by atoms with Crippen LogP contribution < -0.4 is 5.73 Å². The fourth-order valence-corrected chi connectivity index (χ4v) is 4.16. The molecule has 33 heavy (non-hydrogen) atoms. The number of unbranched alkanes of at least 4 members (excludes halogenated alkanes) is 11. The van der Waals surface area contributed by atoms with Crippen LogP contribution in [-0.4, -0.2) is 92.8 Å². The zero-order valence-electron chi connectivity index (χ0n) is 20.3. The molecule has 9 nitrogen and oxygen atoms in total. The third kappa shape index (κ3) is 11.7. The molecule has 1 aliphatic heterocycles. The third-order valence-electron chi connectivity index (χ3n) is 6.49. The van der Waals surface area contributed by atoms with E-state index in [0.717, 1.165) is 19.3 Å². The first-order chi connectivity index (χ1) is 15.8. The van der Waals surface area contributed by atoms with Crippen LogP contribution in [0.3, 0.4) is 0 Å². The first kappa shape index (κ1) is 30.7. The van der Waals surface area contributed by atoms with Crippen LogP contribution in [0.2, 0.25) is 0 Å². The minimum atomic E-state index is -1.54. The van der Waals surface area contributed by atoms with Gasteiger partial charge in [0.1, 0.15) is 24.4 Å². The van der Waals surface area contributed by atoms with Crippen LogP contribution in [0.4, 0.5) is 0 Å². The Morgan fingerprint density at radius 3 is 1.82 bits per heavy atom. The Balaban J connectivity index is 2.12. The van der Waals surface area contributed by atoms with E-state index in [4.69, 9.17) is 15.2 Å². The van der Waals surface area contributed by atoms with Gasteiger partial charge in [-0.3, -0.25) is 0 Å². The Bertz CT molecular complexity index is 470. The van der Waals surface area contributed by atoms with Crippen LogP contribution >= 0.6 is 0 Å². The predicted molar refractivity (Wildman–Crippen MR) is 125 cm³/mol. The fraction of sp³-hybridized carbons (Fsp3) is 1.00. The Morgan fingerprint density at radius 1 is 0.788 bits per heavy atom. The molecule has 1 aliphatic rings. The molecular weight excluding hydrogens is 430 g/mol. The van der Waals surface area contributed by atoms with Gasteiger partial charge in [0.05, 0.1) is 31.5 Å². The summed E-state index contributed by atoms with van der Waals surface area (Å²) in [6.45, 7) is 1.44. The number of rotatable bonds is 19. The van der Waals surface area contributed by atoms with Gasteiger partial charge in [-0.05, 0) is 6.42 Å². The molecule has 9 heteroatoms. The molecule has 198 valence electrons. The number of hydrogen-bond acceptors (Lipinski definition) is 9. The molecule has 0 spiro atoms. The molecule has 0 radical (unpaired) electrons. The van der Waals surface area contributed by atoms with Crippen molar-refractivity contribution in [1.29, 1.82) is 0 Å². The van der Waals surface area contributed by atoms with Gasteiger partial charge < -0.3 is 45.8 Å². The van der Waals surface area contributed by atoms with Crippen LogP contribution in [0.25, 0.3) is 0 Å². The van der Waals surface area contributed by atoms with Gasteiger partial charge in [-0.1, -0.05) is 84.0 Å². The maximum Gasteiger partial charge on any atom is 0.186 e. The zero-order chi connectivity index (χ0) is 24.6. The lowest BCUT2D eigenvalue weighted by Crippen LogP contribution is -2.60. The van der Waals surface area contributed by atoms with Gasteiger partial charge in [0.2, 0.25) is 0 Å². The zero-order valence-corrected chi connectivity index (χ0v) is 20.3. The van der Waals surface area contributed by atoms with Crippen molar-refractivity contribution < 1.29 is 40.1 Å². The summed E-state index contributed by atoms with van der Waals surface area (Å²) in [4.78, 5) is 0. The summed E-state index contributed by atoms with van der Waals surface area (Å²) < 4.78 is 10.6. The highest BCUT2D eigenvalue weighted by molar-refractivity contribution is 4.89. The van der Waals surface area contributed by atoms with Gasteiger partial charge in [-0.2, -0.15) is 0 Å². The molecule has 5 unspecified atom stereocenters. The van der Waals surface area contributed by atoms with Gasteiger partial charge in [0.15, 0.2) is 6.29 Å². The molecule has 0 aromatic rings. The summed E-state index contributed by atoms with van der Waals surface area (Å²) in [6.07, 6.45) is 5.95. The van der Waals surface area contributed by atoms with E-state index in [0.29, 0.717) is 6.42 Å². The van der Waals surface area contributed by atoms with E-state index < -0.39 is 55.6 Å². The summed E-state index contributed by atoms with van der Waals surface area (Å²) >= 11 is 0. The van der Waals surface area contributed by atoms with Crippen LogP contribution in [0.15, 0.2) is 0 Å². The first-order valence-corrected chi connectivity index (χ1v) is 12.9. The van der Waals surface area contributed by atoms with E-state index in [-0.39, 0.29) is 6.61 Å². The maximum absolute atomic E-state index is 10.3. The second-order valence-corrected chi connectivity index (χ2v) is 9.43. The minimum Gasteiger partial charge on any atom is -0.394 e. The van der Waals surface area contributed by atoms with Gasteiger partial charge in [0, 0.05) is 0 Å². The van der Waals surface area contributed by atoms with Crippen molar-refractivity contribution in [1.82, 2.24) is 0 Å². The van der Waals surface area contributed by atoms with Crippen molar-refractivity contribution in [2.24, 2.45) is 5.73 Å². The summed E-state index contributed by atoms with van der Waals surface area (Å²) in [5.41, 5.74) is 5.91. The Morgan fingerprint density at radius 2 is 1.30 bits per heavy atom. The second kappa shape index (κ2) is 18.0. The first-order valence-electron chi connectivity index (χ1n) is 12.9. The molecule has 8 N–H and O–H groups in total. The molecule has 1 rings (SSSR count). The lowest BCUT2D eigenvalue weighted by molar-refractivity contribution is -0.302. The van der Waals surface area contributed by atoms with Crippen LogP contribution in [0.1, 0.15) is 90.4 Å². The van der Waals surface area contributed by atoms with Crippen molar-refractivity contribution in [3.8, 4) is 0 Å². The smallest absolute Gasteiger partial charge is 0.186 e. The van der Waals surface area contributed by atoms with Crippen molar-refractivity contribution in [3.63, 3.8) is 0 Å². The summed E-state index contributed by atoms with van der Waals surface area (Å²) in [5.74, 6) is 0. The number of aliphatic hydroxyl groups is 6. The number of ether oxygens (including phenoxy) is 2. The molecule has 8 atom stereocenters. The van der Waals surface area contributed by atoms with Crippen molar-refractivity contribution in [2.45, 2.75) is 139 Å². The summed E-state index contributed by atoms with van der Waals surface area (Å²) in [6, 6.07) is -0.926. The van der Waals surface area contributed by atoms with Crippen molar-refractivity contribution in [3.05, 3.63) is 0 Å². The fourth-order valence-electron chi connectivity index (χ4n) is 4.16. The van der Waals surface area contributed by atoms with Gasteiger partial charge in [-0.15, -0.1) is 0 Å². The summed E-state index contributed by atoms with van der Waals surface area (Å²) in [5, 5.41) is 59.2. The van der Waals surface area contributed by atoms with E-state index in [1.807, 2.05) is 0 Å². The maximum atomic E-state index is 10.3. The topological polar surface area (TPSA) is 166 Å². The highest BCUT2D eigenvalue weighted by Gasteiger charge is 2.44. The summed E-state index contributed by atoms with van der Waals surface area (Å²) in [7, 11) is 0. The Hall–Kier alpha value is -0.360. The van der Waals surface area contributed by atoms with E-state index in [9.17, 15) is 30.6 Å². The normalized spacial score (nSPS) is 28.5. The SMILES string of the molecule is CCCCCCCCCCCCCC[C@@H](O)[C@@H](O)[C@@H](N)COC1OC(CO)C(O)C(O)C1O. The molecule has 1 saturated heterocycles. The molecule has 1 heterocycles. The molecule has 0 aromatic heterocycles. The highest BCUT2D eigenvalue weighted by Crippen LogP contribution is 2.22. The van der Waals surface area contributed by atoms with Gasteiger partial charge in [0.25, 0.3) is 0 Å². The third-order valence-corrected chi connectivity index (χ3v) is 6.49. The number of hydrogen-bond donors (Lipinski definition) is 7. The largest absolute Gasteiger partial charge is 0.394 e. The van der Waals surface area contributed by atoms with Crippen LogP contribution in [0, 0.1) is 0 Å². The van der Waals surface area contributed by atoms with Crippen molar-refractivity contribution in [2.75, 3.05) is 13.2 Å². The molecular formula is C24H49NO8. The molecule has 0 aromatic carbocycles. The quantitative estimate of drug-likeness (QED) is 0.133. The Labute approximate surface area is 198 Å². The van der Waals surface area contributed by atoms with Gasteiger partial charge >= 0.3 is 0 Å². The highest BCUT2D eigenvalue weighted by atomic mass is 16.7. The standard InChI is InChI=1S/C24H49NO8/c1-2-3-4-5-6-7-8-9-10-11-12-13-14-18(27)20(28)17(25)16-32-24-23(31)22(30)21(29)19(15-26)33-24/h17-24,26-31H,2-16,25H2,1H3/t17-,18+,19?,20-,21?,22?,23?,24?/m0/s1. The molecule has 0 amide bonds. The predicted octanol–water partition coefficient (Wildman–Crippen LogP) is 0.943. The number of aliphatic hydroxyl groups excluding tert-OH is 6.